The Bertz CT molecular complexity index is 443. The number of H-pyrrole nitrogens is 1. The maximum atomic E-state index is 4.47. The fourth-order valence-corrected chi connectivity index (χ4v) is 1.44. The van der Waals surface area contributed by atoms with Gasteiger partial charge < -0.3 is 4.98 Å². The number of hydrogen-bond donors (Lipinski definition) is 1. The fourth-order valence-electron chi connectivity index (χ4n) is 1.44. The van der Waals surface area contributed by atoms with Crippen molar-refractivity contribution < 1.29 is 0 Å². The molecule has 0 saturated heterocycles. The first kappa shape index (κ1) is 9.19. The number of aromatic nitrogens is 3. The molecule has 3 heteroatoms. The van der Waals surface area contributed by atoms with Crippen LogP contribution >= 0.6 is 0 Å². The Kier molecular flexibility index (Phi) is 2.23. The van der Waals surface area contributed by atoms with Crippen molar-refractivity contribution in [3.63, 3.8) is 0 Å². The van der Waals surface area contributed by atoms with Gasteiger partial charge in [-0.15, -0.1) is 0 Å². The first-order valence-electron chi connectivity index (χ1n) is 5.05. The van der Waals surface area contributed by atoms with Crippen LogP contribution in [0, 0.1) is 0 Å². The summed E-state index contributed by atoms with van der Waals surface area (Å²) in [6.45, 7) is 6.37. The highest BCUT2D eigenvalue weighted by Gasteiger charge is 2.06. The van der Waals surface area contributed by atoms with Crippen molar-refractivity contribution in [3.05, 3.63) is 23.8 Å². The van der Waals surface area contributed by atoms with Crippen molar-refractivity contribution >= 4 is 11.0 Å². The van der Waals surface area contributed by atoms with Gasteiger partial charge in [0.1, 0.15) is 11.3 Å². The summed E-state index contributed by atoms with van der Waals surface area (Å²) in [6, 6.07) is 2.08. The second-order valence-corrected chi connectivity index (χ2v) is 3.82. The molecule has 1 N–H and O–H groups in total. The van der Waals surface area contributed by atoms with Gasteiger partial charge in [-0.05, 0) is 12.5 Å². The quantitative estimate of drug-likeness (QED) is 0.789. The summed E-state index contributed by atoms with van der Waals surface area (Å²) in [7, 11) is 0. The Morgan fingerprint density at radius 1 is 1.43 bits per heavy atom. The Hall–Kier alpha value is -1.38. The summed E-state index contributed by atoms with van der Waals surface area (Å²) in [4.78, 5) is 12.1. The van der Waals surface area contributed by atoms with Crippen LogP contribution in [0.5, 0.6) is 0 Å². The highest BCUT2D eigenvalue weighted by Crippen LogP contribution is 2.16. The van der Waals surface area contributed by atoms with Gasteiger partial charge in [0, 0.05) is 11.6 Å². The number of nitrogens with zero attached hydrogens (tertiary/aromatic N) is 2. The summed E-state index contributed by atoms with van der Waals surface area (Å²) in [6.07, 6.45) is 2.81. The molecular weight excluding hydrogens is 174 g/mol. The maximum Gasteiger partial charge on any atom is 0.109 e. The zero-order chi connectivity index (χ0) is 10.1. The van der Waals surface area contributed by atoms with Crippen molar-refractivity contribution in [1.29, 1.82) is 0 Å². The van der Waals surface area contributed by atoms with E-state index in [1.54, 1.807) is 0 Å². The van der Waals surface area contributed by atoms with Crippen LogP contribution in [-0.2, 0) is 6.42 Å². The second kappa shape index (κ2) is 3.40. The molecule has 0 unspecified atom stereocenters. The van der Waals surface area contributed by atoms with Crippen LogP contribution in [0.15, 0.2) is 12.3 Å². The number of imidazole rings is 1. The molecule has 2 aromatic heterocycles. The van der Waals surface area contributed by atoms with Gasteiger partial charge in [0.05, 0.1) is 11.7 Å². The molecule has 0 aliphatic rings. The normalized spacial score (nSPS) is 11.4. The van der Waals surface area contributed by atoms with Crippen molar-refractivity contribution in [2.75, 3.05) is 0 Å². The van der Waals surface area contributed by atoms with Gasteiger partial charge in [-0.2, -0.15) is 0 Å². The number of aromatic amines is 1. The minimum absolute atomic E-state index is 0.437. The lowest BCUT2D eigenvalue weighted by molar-refractivity contribution is 0.799. The summed E-state index contributed by atoms with van der Waals surface area (Å²) >= 11 is 0. The topological polar surface area (TPSA) is 41.6 Å². The first-order chi connectivity index (χ1) is 6.70. The average molecular weight is 189 g/mol. The van der Waals surface area contributed by atoms with Gasteiger partial charge in [-0.25, -0.2) is 4.98 Å². The van der Waals surface area contributed by atoms with E-state index < -0.39 is 0 Å². The average Bonchev–Trinajstić information content (AvgIpc) is 2.59. The number of fused-ring (bicyclic) bond motifs is 1. The molecule has 74 valence electrons. The SMILES string of the molecule is CCc1cc2[nH]c(C(C)C)nc2cn1. The molecule has 0 radical (unpaired) electrons. The predicted molar refractivity (Wildman–Crippen MR) is 57.4 cm³/mol. The lowest BCUT2D eigenvalue weighted by atomic mass is 10.2. The molecule has 0 aliphatic heterocycles. The lowest BCUT2D eigenvalue weighted by Gasteiger charge is -1.95. The van der Waals surface area contributed by atoms with Crippen molar-refractivity contribution in [2.24, 2.45) is 0 Å². The van der Waals surface area contributed by atoms with Crippen LogP contribution in [0.25, 0.3) is 11.0 Å². The molecule has 14 heavy (non-hydrogen) atoms. The molecule has 2 aromatic rings. The molecule has 0 bridgehead atoms. The van der Waals surface area contributed by atoms with Gasteiger partial charge in [0.25, 0.3) is 0 Å². The molecule has 0 amide bonds. The molecule has 0 aromatic carbocycles. The second-order valence-electron chi connectivity index (χ2n) is 3.82. The summed E-state index contributed by atoms with van der Waals surface area (Å²) in [5, 5.41) is 0. The molecule has 2 heterocycles. The highest BCUT2D eigenvalue weighted by atomic mass is 14.9. The largest absolute Gasteiger partial charge is 0.342 e. The van der Waals surface area contributed by atoms with E-state index in [0.717, 1.165) is 29.0 Å². The van der Waals surface area contributed by atoms with E-state index in [4.69, 9.17) is 0 Å². The summed E-state index contributed by atoms with van der Waals surface area (Å²) < 4.78 is 0. The number of hydrogen-bond acceptors (Lipinski definition) is 2. The van der Waals surface area contributed by atoms with Crippen LogP contribution in [0.3, 0.4) is 0 Å². The van der Waals surface area contributed by atoms with Gasteiger partial charge in [0.2, 0.25) is 0 Å². The maximum absolute atomic E-state index is 4.47. The third kappa shape index (κ3) is 1.50. The van der Waals surface area contributed by atoms with Crippen molar-refractivity contribution in [3.8, 4) is 0 Å². The molecule has 2 rings (SSSR count). The van der Waals surface area contributed by atoms with Crippen LogP contribution in [0.4, 0.5) is 0 Å². The third-order valence-electron chi connectivity index (χ3n) is 2.35. The van der Waals surface area contributed by atoms with Crippen LogP contribution in [-0.4, -0.2) is 15.0 Å². The fraction of sp³-hybridized carbons (Fsp3) is 0.455. The van der Waals surface area contributed by atoms with Crippen molar-refractivity contribution in [2.45, 2.75) is 33.1 Å². The Balaban J connectivity index is 2.54. The number of aryl methyl sites for hydroxylation is 1. The Morgan fingerprint density at radius 3 is 2.86 bits per heavy atom. The number of nitrogens with one attached hydrogen (secondary N) is 1. The van der Waals surface area contributed by atoms with E-state index in [9.17, 15) is 0 Å². The van der Waals surface area contributed by atoms with E-state index in [1.165, 1.54) is 0 Å². The van der Waals surface area contributed by atoms with E-state index >= 15 is 0 Å². The number of pyridine rings is 1. The van der Waals surface area contributed by atoms with Gasteiger partial charge in [-0.1, -0.05) is 20.8 Å². The molecule has 3 nitrogen and oxygen atoms in total. The Morgan fingerprint density at radius 2 is 2.21 bits per heavy atom. The van der Waals surface area contributed by atoms with Gasteiger partial charge in [0.15, 0.2) is 0 Å². The van der Waals surface area contributed by atoms with Crippen LogP contribution in [0.1, 0.15) is 38.2 Å². The van der Waals surface area contributed by atoms with Crippen LogP contribution < -0.4 is 0 Å². The van der Waals surface area contributed by atoms with E-state index in [1.807, 2.05) is 6.20 Å². The van der Waals surface area contributed by atoms with Gasteiger partial charge >= 0.3 is 0 Å². The minimum Gasteiger partial charge on any atom is -0.342 e. The predicted octanol–water partition coefficient (Wildman–Crippen LogP) is 2.64. The van der Waals surface area contributed by atoms with Crippen LogP contribution in [0.2, 0.25) is 0 Å². The standard InChI is InChI=1S/C11H15N3/c1-4-8-5-9-10(6-12-8)14-11(13-9)7(2)3/h5-7H,4H2,1-3H3,(H,13,14). The molecule has 0 atom stereocenters. The number of rotatable bonds is 2. The lowest BCUT2D eigenvalue weighted by Crippen LogP contribution is -1.88. The third-order valence-corrected chi connectivity index (χ3v) is 2.35. The Labute approximate surface area is 83.6 Å². The van der Waals surface area contributed by atoms with E-state index in [-0.39, 0.29) is 0 Å². The molecule has 0 spiro atoms. The minimum atomic E-state index is 0.437. The van der Waals surface area contributed by atoms with E-state index in [0.29, 0.717) is 5.92 Å². The first-order valence-corrected chi connectivity index (χ1v) is 5.05. The van der Waals surface area contributed by atoms with Gasteiger partial charge in [-0.3, -0.25) is 4.98 Å². The molecular formula is C11H15N3. The molecule has 0 aliphatic carbocycles. The zero-order valence-electron chi connectivity index (χ0n) is 8.83. The van der Waals surface area contributed by atoms with Crippen molar-refractivity contribution in [1.82, 2.24) is 15.0 Å². The molecule has 0 saturated carbocycles. The summed E-state index contributed by atoms with van der Waals surface area (Å²) in [5.41, 5.74) is 3.17. The zero-order valence-corrected chi connectivity index (χ0v) is 8.83. The smallest absolute Gasteiger partial charge is 0.109 e. The molecule has 0 fully saturated rings. The summed E-state index contributed by atoms with van der Waals surface area (Å²) in [5.74, 6) is 1.47. The van der Waals surface area contributed by atoms with E-state index in [2.05, 4.69) is 41.8 Å². The highest BCUT2D eigenvalue weighted by molar-refractivity contribution is 5.74. The monoisotopic (exact) mass is 189 g/mol.